The molecule has 0 aliphatic carbocycles. The van der Waals surface area contributed by atoms with E-state index in [1.54, 1.807) is 4.68 Å². The largest absolute Gasteiger partial charge is 0.393 e. The third-order valence-electron chi connectivity index (χ3n) is 2.70. The predicted molar refractivity (Wildman–Crippen MR) is 68.6 cm³/mol. The van der Waals surface area contributed by atoms with Crippen molar-refractivity contribution in [1.29, 1.82) is 0 Å². The first-order chi connectivity index (χ1) is 8.81. The molecule has 1 heterocycles. The average molecular weight is 247 g/mol. The van der Waals surface area contributed by atoms with E-state index in [1.807, 2.05) is 37.3 Å². The van der Waals surface area contributed by atoms with Crippen LogP contribution in [0.15, 0.2) is 30.3 Å². The van der Waals surface area contributed by atoms with Crippen molar-refractivity contribution >= 4 is 5.95 Å². The summed E-state index contributed by atoms with van der Waals surface area (Å²) >= 11 is 0. The second-order valence-corrected chi connectivity index (χ2v) is 4.03. The number of rotatable bonds is 6. The van der Waals surface area contributed by atoms with E-state index >= 15 is 0 Å². The Morgan fingerprint density at radius 2 is 2.11 bits per heavy atom. The molecule has 1 aromatic heterocycles. The summed E-state index contributed by atoms with van der Waals surface area (Å²) in [5, 5.41) is 24.1. The number of hydrogen-bond acceptors (Lipinski definition) is 5. The molecule has 0 radical (unpaired) electrons. The average Bonchev–Trinajstić information content (AvgIpc) is 2.88. The van der Waals surface area contributed by atoms with Gasteiger partial charge in [0.2, 0.25) is 5.95 Å². The smallest absolute Gasteiger partial charge is 0.247 e. The Labute approximate surface area is 106 Å². The molecule has 0 aliphatic rings. The van der Waals surface area contributed by atoms with E-state index in [9.17, 15) is 5.11 Å². The van der Waals surface area contributed by atoms with Crippen LogP contribution in [0.3, 0.4) is 0 Å². The molecule has 0 aliphatic heterocycles. The third kappa shape index (κ3) is 3.04. The number of hydrogen-bond donors (Lipinski definition) is 2. The highest BCUT2D eigenvalue weighted by Gasteiger charge is 2.07. The Kier molecular flexibility index (Phi) is 4.25. The van der Waals surface area contributed by atoms with Gasteiger partial charge in [-0.3, -0.25) is 0 Å². The Morgan fingerprint density at radius 1 is 1.33 bits per heavy atom. The summed E-state index contributed by atoms with van der Waals surface area (Å²) in [5.74, 6) is 0.588. The molecule has 2 rings (SSSR count). The quantitative estimate of drug-likeness (QED) is 0.803. The predicted octanol–water partition coefficient (Wildman–Crippen LogP) is 1.24. The van der Waals surface area contributed by atoms with Gasteiger partial charge >= 0.3 is 0 Å². The molecule has 2 N–H and O–H groups in total. The zero-order chi connectivity index (χ0) is 12.8. The summed E-state index contributed by atoms with van der Waals surface area (Å²) in [4.78, 5) is 0. The van der Waals surface area contributed by atoms with E-state index in [2.05, 4.69) is 20.8 Å². The number of nitrogens with one attached hydrogen (secondary N) is 1. The highest BCUT2D eigenvalue weighted by molar-refractivity contribution is 5.38. The van der Waals surface area contributed by atoms with Crippen LogP contribution in [0.4, 0.5) is 5.95 Å². The summed E-state index contributed by atoms with van der Waals surface area (Å²) in [7, 11) is 0. The van der Waals surface area contributed by atoms with Crippen molar-refractivity contribution in [1.82, 2.24) is 20.2 Å². The van der Waals surface area contributed by atoms with Crippen molar-refractivity contribution < 1.29 is 5.11 Å². The number of aliphatic hydroxyl groups is 1. The third-order valence-corrected chi connectivity index (χ3v) is 2.70. The van der Waals surface area contributed by atoms with Crippen LogP contribution in [0.1, 0.15) is 19.8 Å². The minimum absolute atomic E-state index is 0.279. The molecule has 0 saturated carbocycles. The molecule has 18 heavy (non-hydrogen) atoms. The van der Waals surface area contributed by atoms with Gasteiger partial charge in [0, 0.05) is 6.54 Å². The van der Waals surface area contributed by atoms with Crippen molar-refractivity contribution in [3.05, 3.63) is 30.3 Å². The van der Waals surface area contributed by atoms with E-state index < -0.39 is 0 Å². The van der Waals surface area contributed by atoms with Crippen LogP contribution < -0.4 is 5.32 Å². The van der Waals surface area contributed by atoms with Crippen molar-refractivity contribution in [2.45, 2.75) is 25.9 Å². The van der Waals surface area contributed by atoms with Crippen LogP contribution in [0.25, 0.3) is 5.69 Å². The van der Waals surface area contributed by atoms with Gasteiger partial charge in [-0.2, -0.15) is 4.68 Å². The van der Waals surface area contributed by atoms with E-state index in [4.69, 9.17) is 0 Å². The van der Waals surface area contributed by atoms with Crippen LogP contribution in [0, 0.1) is 0 Å². The molecular weight excluding hydrogens is 230 g/mol. The number of anilines is 1. The number of benzene rings is 1. The molecule has 0 spiro atoms. The Hall–Kier alpha value is -1.95. The molecule has 0 fully saturated rings. The van der Waals surface area contributed by atoms with E-state index in [0.717, 1.165) is 12.1 Å². The first kappa shape index (κ1) is 12.5. The molecule has 0 amide bonds. The number of tetrazole rings is 1. The highest BCUT2D eigenvalue weighted by atomic mass is 16.3. The summed E-state index contributed by atoms with van der Waals surface area (Å²) < 4.78 is 1.64. The SMILES string of the molecule is CCC(O)CCNc1nnnn1-c1ccccc1. The maximum atomic E-state index is 9.47. The fraction of sp³-hybridized carbons (Fsp3) is 0.417. The second kappa shape index (κ2) is 6.11. The maximum Gasteiger partial charge on any atom is 0.247 e. The first-order valence-electron chi connectivity index (χ1n) is 6.07. The van der Waals surface area contributed by atoms with Crippen molar-refractivity contribution in [2.75, 3.05) is 11.9 Å². The van der Waals surface area contributed by atoms with E-state index in [0.29, 0.717) is 18.9 Å². The van der Waals surface area contributed by atoms with Gasteiger partial charge in [0.1, 0.15) is 0 Å². The molecule has 2 aromatic rings. The van der Waals surface area contributed by atoms with Gasteiger partial charge < -0.3 is 10.4 Å². The molecule has 1 aromatic carbocycles. The summed E-state index contributed by atoms with van der Waals surface area (Å²) in [5.41, 5.74) is 0.904. The fourth-order valence-electron chi connectivity index (χ4n) is 1.60. The topological polar surface area (TPSA) is 75.9 Å². The summed E-state index contributed by atoms with van der Waals surface area (Å²) in [6, 6.07) is 9.67. The lowest BCUT2D eigenvalue weighted by Gasteiger charge is -2.09. The molecule has 1 atom stereocenters. The highest BCUT2D eigenvalue weighted by Crippen LogP contribution is 2.10. The van der Waals surface area contributed by atoms with Gasteiger partial charge in [0.25, 0.3) is 0 Å². The maximum absolute atomic E-state index is 9.47. The first-order valence-corrected chi connectivity index (χ1v) is 6.07. The van der Waals surface area contributed by atoms with Gasteiger partial charge in [0.05, 0.1) is 11.8 Å². The minimum Gasteiger partial charge on any atom is -0.393 e. The van der Waals surface area contributed by atoms with Crippen molar-refractivity contribution in [3.8, 4) is 5.69 Å². The molecular formula is C12H17N5O. The van der Waals surface area contributed by atoms with Crippen molar-refractivity contribution in [3.63, 3.8) is 0 Å². The Balaban J connectivity index is 2.00. The molecule has 6 heteroatoms. The number of aliphatic hydroxyl groups excluding tert-OH is 1. The lowest BCUT2D eigenvalue weighted by molar-refractivity contribution is 0.164. The standard InChI is InChI=1S/C12H17N5O/c1-2-11(18)8-9-13-12-14-15-16-17(12)10-6-4-3-5-7-10/h3-7,11,18H,2,8-9H2,1H3,(H,13,14,16). The summed E-state index contributed by atoms with van der Waals surface area (Å²) in [6.07, 6.45) is 1.15. The zero-order valence-corrected chi connectivity index (χ0v) is 10.3. The van der Waals surface area contributed by atoms with Crippen molar-refractivity contribution in [2.24, 2.45) is 0 Å². The molecule has 0 saturated heterocycles. The molecule has 6 nitrogen and oxygen atoms in total. The molecule has 96 valence electrons. The summed E-state index contributed by atoms with van der Waals surface area (Å²) in [6.45, 7) is 2.60. The lowest BCUT2D eigenvalue weighted by Crippen LogP contribution is -2.14. The van der Waals surface area contributed by atoms with E-state index in [-0.39, 0.29) is 6.10 Å². The van der Waals surface area contributed by atoms with Gasteiger partial charge in [-0.1, -0.05) is 30.2 Å². The Morgan fingerprint density at radius 3 is 2.83 bits per heavy atom. The van der Waals surface area contributed by atoms with Crippen LogP contribution >= 0.6 is 0 Å². The van der Waals surface area contributed by atoms with Crippen LogP contribution in [-0.2, 0) is 0 Å². The van der Waals surface area contributed by atoms with E-state index in [1.165, 1.54) is 0 Å². The van der Waals surface area contributed by atoms with Crippen LogP contribution in [0.2, 0.25) is 0 Å². The normalized spacial score (nSPS) is 12.3. The van der Waals surface area contributed by atoms with Gasteiger partial charge in [0.15, 0.2) is 0 Å². The number of aromatic nitrogens is 4. The minimum atomic E-state index is -0.279. The Bertz CT molecular complexity index is 470. The second-order valence-electron chi connectivity index (χ2n) is 4.03. The van der Waals surface area contributed by atoms with Gasteiger partial charge in [-0.05, 0) is 35.4 Å². The number of nitrogens with zero attached hydrogens (tertiary/aromatic N) is 4. The van der Waals surface area contributed by atoms with Crippen LogP contribution in [-0.4, -0.2) is 38.0 Å². The fourth-order valence-corrected chi connectivity index (χ4v) is 1.60. The monoisotopic (exact) mass is 247 g/mol. The van der Waals surface area contributed by atoms with Crippen LogP contribution in [0.5, 0.6) is 0 Å². The van der Waals surface area contributed by atoms with Gasteiger partial charge in [-0.25, -0.2) is 0 Å². The zero-order valence-electron chi connectivity index (χ0n) is 10.3. The molecule has 0 bridgehead atoms. The number of para-hydroxylation sites is 1. The lowest BCUT2D eigenvalue weighted by atomic mass is 10.2. The van der Waals surface area contributed by atoms with Gasteiger partial charge in [-0.15, -0.1) is 0 Å². The molecule has 1 unspecified atom stereocenters.